The van der Waals surface area contributed by atoms with E-state index in [4.69, 9.17) is 16.2 Å². The minimum Gasteiger partial charge on any atom is -0.497 e. The fraction of sp³-hybridized carbons (Fsp3) is 0.571. The van der Waals surface area contributed by atoms with Gasteiger partial charge in [-0.2, -0.15) is 0 Å². The third-order valence-electron chi connectivity index (χ3n) is 2.92. The maximum atomic E-state index is 5.57. The monoisotopic (exact) mass is 251 g/mol. The fourth-order valence-corrected chi connectivity index (χ4v) is 1.89. The molecule has 1 rings (SSSR count). The SMILES string of the molecule is COc1ccc(CN(CCCN)CCCN)cc1. The highest BCUT2D eigenvalue weighted by molar-refractivity contribution is 5.27. The van der Waals surface area contributed by atoms with Crippen molar-refractivity contribution in [3.8, 4) is 5.75 Å². The van der Waals surface area contributed by atoms with Crippen molar-refractivity contribution < 1.29 is 4.74 Å². The molecule has 0 amide bonds. The Morgan fingerprint density at radius 3 is 2.00 bits per heavy atom. The van der Waals surface area contributed by atoms with Crippen LogP contribution >= 0.6 is 0 Å². The Hall–Kier alpha value is -1.10. The average molecular weight is 251 g/mol. The first-order valence-corrected chi connectivity index (χ1v) is 6.55. The van der Waals surface area contributed by atoms with Crippen LogP contribution in [0.3, 0.4) is 0 Å². The topological polar surface area (TPSA) is 64.5 Å². The first-order valence-electron chi connectivity index (χ1n) is 6.55. The van der Waals surface area contributed by atoms with Gasteiger partial charge in [-0.15, -0.1) is 0 Å². The van der Waals surface area contributed by atoms with Crippen LogP contribution in [0.2, 0.25) is 0 Å². The Labute approximate surface area is 110 Å². The van der Waals surface area contributed by atoms with E-state index in [9.17, 15) is 0 Å². The molecule has 0 spiro atoms. The number of ether oxygens (including phenoxy) is 1. The van der Waals surface area contributed by atoms with Gasteiger partial charge in [0.05, 0.1) is 7.11 Å². The molecule has 0 aliphatic heterocycles. The van der Waals surface area contributed by atoms with Gasteiger partial charge in [0, 0.05) is 6.54 Å². The van der Waals surface area contributed by atoms with Crippen LogP contribution in [-0.2, 0) is 6.54 Å². The van der Waals surface area contributed by atoms with Crippen molar-refractivity contribution in [2.45, 2.75) is 19.4 Å². The summed E-state index contributed by atoms with van der Waals surface area (Å²) in [5.41, 5.74) is 12.4. The van der Waals surface area contributed by atoms with Gasteiger partial charge >= 0.3 is 0 Å². The average Bonchev–Trinajstić information content (AvgIpc) is 2.42. The Balaban J connectivity index is 2.51. The van der Waals surface area contributed by atoms with E-state index in [0.717, 1.165) is 51.3 Å². The highest BCUT2D eigenvalue weighted by atomic mass is 16.5. The molecule has 0 aliphatic carbocycles. The van der Waals surface area contributed by atoms with Gasteiger partial charge in [0.1, 0.15) is 5.75 Å². The van der Waals surface area contributed by atoms with Gasteiger partial charge in [-0.1, -0.05) is 12.1 Å². The van der Waals surface area contributed by atoms with Gasteiger partial charge in [-0.05, 0) is 56.7 Å². The summed E-state index contributed by atoms with van der Waals surface area (Å²) in [7, 11) is 1.68. The molecule has 1 aromatic carbocycles. The molecule has 4 nitrogen and oxygen atoms in total. The molecular formula is C14H25N3O. The van der Waals surface area contributed by atoms with Crippen LogP contribution in [0.1, 0.15) is 18.4 Å². The number of benzene rings is 1. The van der Waals surface area contributed by atoms with Crippen LogP contribution in [0.5, 0.6) is 5.75 Å². The van der Waals surface area contributed by atoms with Crippen molar-refractivity contribution in [1.82, 2.24) is 4.90 Å². The van der Waals surface area contributed by atoms with Crippen LogP contribution < -0.4 is 16.2 Å². The molecule has 0 heterocycles. The lowest BCUT2D eigenvalue weighted by atomic mass is 10.2. The second kappa shape index (κ2) is 8.91. The predicted molar refractivity (Wildman–Crippen MR) is 75.6 cm³/mol. The van der Waals surface area contributed by atoms with Crippen molar-refractivity contribution in [2.24, 2.45) is 11.5 Å². The minimum absolute atomic E-state index is 0.738. The maximum absolute atomic E-state index is 5.57. The lowest BCUT2D eigenvalue weighted by Gasteiger charge is -2.22. The van der Waals surface area contributed by atoms with E-state index in [2.05, 4.69) is 17.0 Å². The molecule has 0 aromatic heterocycles. The van der Waals surface area contributed by atoms with Gasteiger partial charge in [0.15, 0.2) is 0 Å². The van der Waals surface area contributed by atoms with Crippen LogP contribution in [0.25, 0.3) is 0 Å². The van der Waals surface area contributed by atoms with Crippen molar-refractivity contribution in [3.63, 3.8) is 0 Å². The molecule has 0 radical (unpaired) electrons. The Morgan fingerprint density at radius 1 is 1.00 bits per heavy atom. The zero-order valence-corrected chi connectivity index (χ0v) is 11.3. The first kappa shape index (κ1) is 15.0. The van der Waals surface area contributed by atoms with E-state index in [1.807, 2.05) is 12.1 Å². The van der Waals surface area contributed by atoms with Crippen molar-refractivity contribution in [2.75, 3.05) is 33.3 Å². The van der Waals surface area contributed by atoms with Gasteiger partial charge in [-0.3, -0.25) is 4.90 Å². The maximum Gasteiger partial charge on any atom is 0.118 e. The number of hydrogen-bond acceptors (Lipinski definition) is 4. The molecule has 1 aromatic rings. The molecule has 4 N–H and O–H groups in total. The molecular weight excluding hydrogens is 226 g/mol. The highest BCUT2D eigenvalue weighted by Crippen LogP contribution is 2.13. The lowest BCUT2D eigenvalue weighted by molar-refractivity contribution is 0.262. The molecule has 0 saturated carbocycles. The third kappa shape index (κ3) is 5.49. The van der Waals surface area contributed by atoms with Crippen LogP contribution in [0, 0.1) is 0 Å². The number of methoxy groups -OCH3 is 1. The molecule has 0 saturated heterocycles. The van der Waals surface area contributed by atoms with E-state index < -0.39 is 0 Å². The second-order valence-electron chi connectivity index (χ2n) is 4.41. The van der Waals surface area contributed by atoms with Crippen LogP contribution in [-0.4, -0.2) is 38.2 Å². The fourth-order valence-electron chi connectivity index (χ4n) is 1.89. The summed E-state index contributed by atoms with van der Waals surface area (Å²) in [4.78, 5) is 2.40. The van der Waals surface area contributed by atoms with E-state index in [0.29, 0.717) is 0 Å². The highest BCUT2D eigenvalue weighted by Gasteiger charge is 2.05. The molecule has 18 heavy (non-hydrogen) atoms. The summed E-state index contributed by atoms with van der Waals surface area (Å²) in [5.74, 6) is 0.897. The lowest BCUT2D eigenvalue weighted by Crippen LogP contribution is -2.28. The van der Waals surface area contributed by atoms with E-state index in [1.165, 1.54) is 5.56 Å². The van der Waals surface area contributed by atoms with Crippen LogP contribution in [0.4, 0.5) is 0 Å². The largest absolute Gasteiger partial charge is 0.497 e. The standard InChI is InChI=1S/C14H25N3O/c1-18-14-6-4-13(5-7-14)12-17(10-2-8-15)11-3-9-16/h4-7H,2-3,8-12,15-16H2,1H3. The van der Waals surface area contributed by atoms with Crippen molar-refractivity contribution >= 4 is 0 Å². The number of rotatable bonds is 9. The summed E-state index contributed by atoms with van der Waals surface area (Å²) in [6.45, 7) is 4.48. The molecule has 4 heteroatoms. The minimum atomic E-state index is 0.738. The van der Waals surface area contributed by atoms with Gasteiger partial charge < -0.3 is 16.2 Å². The first-order chi connectivity index (χ1) is 8.80. The molecule has 0 aliphatic rings. The second-order valence-corrected chi connectivity index (χ2v) is 4.41. The Morgan fingerprint density at radius 2 is 1.56 bits per heavy atom. The third-order valence-corrected chi connectivity index (χ3v) is 2.92. The van der Waals surface area contributed by atoms with Gasteiger partial charge in [0.25, 0.3) is 0 Å². The quantitative estimate of drug-likeness (QED) is 0.692. The Kier molecular flexibility index (Phi) is 7.41. The molecule has 0 atom stereocenters. The number of hydrogen-bond donors (Lipinski definition) is 2. The summed E-state index contributed by atoms with van der Waals surface area (Å²) in [6.07, 6.45) is 2.06. The van der Waals surface area contributed by atoms with Crippen LogP contribution in [0.15, 0.2) is 24.3 Å². The normalized spacial score (nSPS) is 10.9. The summed E-state index contributed by atoms with van der Waals surface area (Å²) >= 11 is 0. The van der Waals surface area contributed by atoms with Crippen molar-refractivity contribution in [3.05, 3.63) is 29.8 Å². The molecule has 0 bridgehead atoms. The van der Waals surface area contributed by atoms with Gasteiger partial charge in [0.2, 0.25) is 0 Å². The van der Waals surface area contributed by atoms with Gasteiger partial charge in [-0.25, -0.2) is 0 Å². The van der Waals surface area contributed by atoms with E-state index in [-0.39, 0.29) is 0 Å². The molecule has 102 valence electrons. The Bertz CT molecular complexity index is 305. The van der Waals surface area contributed by atoms with E-state index in [1.54, 1.807) is 7.11 Å². The summed E-state index contributed by atoms with van der Waals surface area (Å²) in [5, 5.41) is 0. The van der Waals surface area contributed by atoms with E-state index >= 15 is 0 Å². The number of nitrogens with two attached hydrogens (primary N) is 2. The summed E-state index contributed by atoms with van der Waals surface area (Å²) in [6, 6.07) is 8.21. The molecule has 0 fully saturated rings. The smallest absolute Gasteiger partial charge is 0.118 e. The number of nitrogens with zero attached hydrogens (tertiary/aromatic N) is 1. The van der Waals surface area contributed by atoms with Crippen molar-refractivity contribution in [1.29, 1.82) is 0 Å². The predicted octanol–water partition coefficient (Wildman–Crippen LogP) is 1.19. The molecule has 0 unspecified atom stereocenters. The summed E-state index contributed by atoms with van der Waals surface area (Å²) < 4.78 is 5.16. The zero-order chi connectivity index (χ0) is 13.2. The zero-order valence-electron chi connectivity index (χ0n) is 11.3.